The summed E-state index contributed by atoms with van der Waals surface area (Å²) < 4.78 is 33.9. The van der Waals surface area contributed by atoms with Gasteiger partial charge in [0.15, 0.2) is 11.9 Å². The molecule has 11 heteroatoms. The number of esters is 3. The van der Waals surface area contributed by atoms with E-state index in [0.717, 1.165) is 6.42 Å². The molecule has 0 amide bonds. The minimum Gasteiger partial charge on any atom is -0.488 e. The zero-order valence-corrected chi connectivity index (χ0v) is 24.1. The molecule has 2 aliphatic heterocycles. The van der Waals surface area contributed by atoms with Crippen LogP contribution < -0.4 is 4.74 Å². The van der Waals surface area contributed by atoms with E-state index in [-0.39, 0.29) is 29.1 Å². The number of carbonyl (C=O) groups is 4. The van der Waals surface area contributed by atoms with Gasteiger partial charge in [0.1, 0.15) is 30.7 Å². The van der Waals surface area contributed by atoms with Crippen molar-refractivity contribution in [3.63, 3.8) is 0 Å². The minimum atomic E-state index is -1.04. The smallest absolute Gasteiger partial charge is 0.303 e. The van der Waals surface area contributed by atoms with Crippen molar-refractivity contribution < 1.29 is 47.6 Å². The maximum atomic E-state index is 13.5. The second-order valence-electron chi connectivity index (χ2n) is 10.1. The Morgan fingerprint density at radius 2 is 1.61 bits per heavy atom. The van der Waals surface area contributed by atoms with Crippen molar-refractivity contribution in [1.82, 2.24) is 0 Å². The van der Waals surface area contributed by atoms with Crippen LogP contribution in [0.25, 0.3) is 0 Å². The third-order valence-electron chi connectivity index (χ3n) is 6.97. The molecule has 4 rings (SSSR count). The van der Waals surface area contributed by atoms with Gasteiger partial charge in [0.25, 0.3) is 0 Å². The Labute approximate surface area is 243 Å². The lowest BCUT2D eigenvalue weighted by Crippen LogP contribution is -2.54. The standard InChI is InChI=1S/C30H33ClO10/c1-16-26(15-37-17(2)32)41-29(30(39-19(4)34)28(16)38-18(3)33)21-7-10-25(31)24(13-21)27(35)20-5-8-22(9-6-20)40-23-11-12-36-14-23/h5-10,13,16,23,26,28-30H,11-12,14-15H2,1-4H3/t16-,23+,26-,28+,29+,30-/m1/s1. The minimum absolute atomic E-state index is 0.0217. The Kier molecular flexibility index (Phi) is 10.0. The Balaban J connectivity index is 1.64. The van der Waals surface area contributed by atoms with Gasteiger partial charge in [0.2, 0.25) is 0 Å². The Morgan fingerprint density at radius 3 is 2.22 bits per heavy atom. The molecule has 220 valence electrons. The van der Waals surface area contributed by atoms with Crippen molar-refractivity contribution in [2.24, 2.45) is 5.92 Å². The van der Waals surface area contributed by atoms with Crippen LogP contribution in [0.15, 0.2) is 42.5 Å². The van der Waals surface area contributed by atoms with Gasteiger partial charge >= 0.3 is 17.9 Å². The fourth-order valence-electron chi connectivity index (χ4n) is 4.95. The van der Waals surface area contributed by atoms with Crippen LogP contribution in [0.1, 0.15) is 61.7 Å². The summed E-state index contributed by atoms with van der Waals surface area (Å²) in [5.74, 6) is -1.90. The maximum absolute atomic E-state index is 13.5. The van der Waals surface area contributed by atoms with E-state index >= 15 is 0 Å². The molecule has 0 unspecified atom stereocenters. The van der Waals surface area contributed by atoms with E-state index in [1.165, 1.54) is 20.8 Å². The SMILES string of the molecule is CC(=O)OC[C@H]1O[C@@H](c2ccc(Cl)c(C(=O)c3ccc(O[C@H]4CCOC4)cc3)c2)[C@H](OC(C)=O)[C@@H](OC(C)=O)[C@@H]1C. The number of rotatable bonds is 9. The quantitative estimate of drug-likeness (QED) is 0.239. The second-order valence-corrected chi connectivity index (χ2v) is 10.5. The fourth-order valence-corrected chi connectivity index (χ4v) is 5.15. The zero-order valence-electron chi connectivity index (χ0n) is 23.3. The molecule has 10 nitrogen and oxygen atoms in total. The third kappa shape index (κ3) is 7.63. The molecule has 2 saturated heterocycles. The highest BCUT2D eigenvalue weighted by Crippen LogP contribution is 2.40. The van der Waals surface area contributed by atoms with Crippen LogP contribution in [0.3, 0.4) is 0 Å². The number of ether oxygens (including phenoxy) is 6. The number of ketones is 1. The first-order valence-electron chi connectivity index (χ1n) is 13.4. The number of hydrogen-bond donors (Lipinski definition) is 0. The van der Waals surface area contributed by atoms with Gasteiger partial charge in [-0.05, 0) is 42.0 Å². The lowest BCUT2D eigenvalue weighted by molar-refractivity contribution is -0.232. The monoisotopic (exact) mass is 588 g/mol. The molecule has 0 spiro atoms. The zero-order chi connectivity index (χ0) is 29.7. The van der Waals surface area contributed by atoms with Crippen LogP contribution in [0.2, 0.25) is 5.02 Å². The molecule has 0 N–H and O–H groups in total. The van der Waals surface area contributed by atoms with Crippen molar-refractivity contribution in [2.45, 2.75) is 64.6 Å². The highest BCUT2D eigenvalue weighted by molar-refractivity contribution is 6.35. The highest BCUT2D eigenvalue weighted by Gasteiger charge is 2.48. The van der Waals surface area contributed by atoms with Crippen molar-refractivity contribution in [3.05, 3.63) is 64.2 Å². The molecule has 2 aromatic rings. The molecule has 2 aliphatic rings. The van der Waals surface area contributed by atoms with Crippen molar-refractivity contribution in [1.29, 1.82) is 0 Å². The van der Waals surface area contributed by atoms with Crippen LogP contribution in [0.5, 0.6) is 5.75 Å². The van der Waals surface area contributed by atoms with Crippen molar-refractivity contribution in [3.8, 4) is 5.75 Å². The molecular formula is C30H33ClO10. The summed E-state index contributed by atoms with van der Waals surface area (Å²) in [6.45, 7) is 6.58. The summed E-state index contributed by atoms with van der Waals surface area (Å²) in [6, 6.07) is 11.5. The van der Waals surface area contributed by atoms with Crippen LogP contribution in [0, 0.1) is 5.92 Å². The first-order valence-corrected chi connectivity index (χ1v) is 13.7. The van der Waals surface area contributed by atoms with Crippen molar-refractivity contribution >= 4 is 35.3 Å². The Bertz CT molecular complexity index is 1270. The molecule has 0 aliphatic carbocycles. The van der Waals surface area contributed by atoms with Crippen LogP contribution in [-0.4, -0.2) is 67.9 Å². The number of hydrogen-bond acceptors (Lipinski definition) is 10. The van der Waals surface area contributed by atoms with Crippen LogP contribution >= 0.6 is 11.6 Å². The normalized spacial score (nSPS) is 25.7. The molecule has 2 aromatic carbocycles. The van der Waals surface area contributed by atoms with Gasteiger partial charge in [-0.1, -0.05) is 24.6 Å². The summed E-state index contributed by atoms with van der Waals surface area (Å²) in [5, 5.41) is 0.211. The first-order chi connectivity index (χ1) is 19.5. The van der Waals surface area contributed by atoms with Crippen LogP contribution in [0.4, 0.5) is 0 Å². The number of halogens is 1. The Morgan fingerprint density at radius 1 is 0.927 bits per heavy atom. The number of carbonyl (C=O) groups excluding carboxylic acids is 4. The summed E-state index contributed by atoms with van der Waals surface area (Å²) in [6.07, 6.45) is -2.84. The predicted octanol–water partition coefficient (Wildman–Crippen LogP) is 4.24. The van der Waals surface area contributed by atoms with Gasteiger partial charge in [0, 0.05) is 44.2 Å². The molecular weight excluding hydrogens is 556 g/mol. The van der Waals surface area contributed by atoms with E-state index in [4.69, 9.17) is 40.0 Å². The first kappa shape index (κ1) is 30.5. The molecule has 2 fully saturated rings. The lowest BCUT2D eigenvalue weighted by Gasteiger charge is -2.44. The summed E-state index contributed by atoms with van der Waals surface area (Å²) >= 11 is 6.47. The maximum Gasteiger partial charge on any atom is 0.303 e. The predicted molar refractivity (Wildman–Crippen MR) is 146 cm³/mol. The second kappa shape index (κ2) is 13.5. The van der Waals surface area contributed by atoms with Crippen LogP contribution in [-0.2, 0) is 38.1 Å². The van der Waals surface area contributed by atoms with Gasteiger partial charge in [-0.3, -0.25) is 19.2 Å². The summed E-state index contributed by atoms with van der Waals surface area (Å²) in [4.78, 5) is 49.1. The molecule has 2 heterocycles. The van der Waals surface area contributed by atoms with E-state index in [9.17, 15) is 19.2 Å². The van der Waals surface area contributed by atoms with Gasteiger partial charge in [-0.25, -0.2) is 0 Å². The average Bonchev–Trinajstić information content (AvgIpc) is 3.43. The summed E-state index contributed by atoms with van der Waals surface area (Å²) in [5.41, 5.74) is 1.05. The topological polar surface area (TPSA) is 124 Å². The molecule has 6 atom stereocenters. The average molecular weight is 589 g/mol. The van der Waals surface area contributed by atoms with Gasteiger partial charge in [0.05, 0.1) is 24.3 Å². The molecule has 41 heavy (non-hydrogen) atoms. The largest absolute Gasteiger partial charge is 0.488 e. The lowest BCUT2D eigenvalue weighted by atomic mass is 9.85. The highest BCUT2D eigenvalue weighted by atomic mass is 35.5. The van der Waals surface area contributed by atoms with E-state index in [1.807, 2.05) is 0 Å². The van der Waals surface area contributed by atoms with E-state index < -0.39 is 48.2 Å². The van der Waals surface area contributed by atoms with E-state index in [0.29, 0.717) is 30.1 Å². The molecule has 0 radical (unpaired) electrons. The molecule has 0 saturated carbocycles. The summed E-state index contributed by atoms with van der Waals surface area (Å²) in [7, 11) is 0. The van der Waals surface area contributed by atoms with Crippen molar-refractivity contribution in [2.75, 3.05) is 19.8 Å². The third-order valence-corrected chi connectivity index (χ3v) is 7.30. The molecule has 0 bridgehead atoms. The van der Waals surface area contributed by atoms with Gasteiger partial charge in [-0.2, -0.15) is 0 Å². The number of benzene rings is 2. The fraction of sp³-hybridized carbons (Fsp3) is 0.467. The molecule has 0 aromatic heterocycles. The van der Waals surface area contributed by atoms with E-state index in [1.54, 1.807) is 49.4 Å². The Hall–Kier alpha value is -3.47. The van der Waals surface area contributed by atoms with Gasteiger partial charge < -0.3 is 28.4 Å². The van der Waals surface area contributed by atoms with E-state index in [2.05, 4.69) is 0 Å². The van der Waals surface area contributed by atoms with Gasteiger partial charge in [-0.15, -0.1) is 0 Å².